The SMILES string of the molecule is N[C@H](CS)C(=O)OCC1CCOC1. The van der Waals surface area contributed by atoms with Crippen LogP contribution in [0.1, 0.15) is 6.42 Å². The molecule has 0 radical (unpaired) electrons. The van der Waals surface area contributed by atoms with E-state index in [9.17, 15) is 4.79 Å². The lowest BCUT2D eigenvalue weighted by atomic mass is 10.1. The van der Waals surface area contributed by atoms with Gasteiger partial charge in [-0.2, -0.15) is 12.6 Å². The highest BCUT2D eigenvalue weighted by Crippen LogP contribution is 2.12. The number of ether oxygens (including phenoxy) is 2. The predicted molar refractivity (Wildman–Crippen MR) is 51.7 cm³/mol. The van der Waals surface area contributed by atoms with Crippen LogP contribution in [0.15, 0.2) is 0 Å². The lowest BCUT2D eigenvalue weighted by Gasteiger charge is -2.11. The monoisotopic (exact) mass is 205 g/mol. The van der Waals surface area contributed by atoms with Crippen LogP contribution < -0.4 is 5.73 Å². The standard InChI is InChI=1S/C8H15NO3S/c9-7(5-13)8(10)12-4-6-1-2-11-3-6/h6-7,13H,1-5,9H2/t6?,7-/m1/s1. The van der Waals surface area contributed by atoms with Crippen LogP contribution >= 0.6 is 12.6 Å². The van der Waals surface area contributed by atoms with Crippen molar-refractivity contribution in [1.82, 2.24) is 0 Å². The number of thiol groups is 1. The maximum Gasteiger partial charge on any atom is 0.323 e. The largest absolute Gasteiger partial charge is 0.464 e. The Kier molecular flexibility index (Phi) is 4.55. The molecule has 4 nitrogen and oxygen atoms in total. The van der Waals surface area contributed by atoms with Crippen LogP contribution in [0.2, 0.25) is 0 Å². The minimum absolute atomic E-state index is 0.319. The van der Waals surface area contributed by atoms with Gasteiger partial charge >= 0.3 is 5.97 Å². The van der Waals surface area contributed by atoms with Gasteiger partial charge in [-0.05, 0) is 6.42 Å². The molecule has 0 spiro atoms. The Hall–Kier alpha value is -0.260. The van der Waals surface area contributed by atoms with Crippen LogP contribution in [0.5, 0.6) is 0 Å². The first kappa shape index (κ1) is 10.8. The summed E-state index contributed by atoms with van der Waals surface area (Å²) in [7, 11) is 0. The van der Waals surface area contributed by atoms with E-state index in [0.717, 1.165) is 13.0 Å². The average molecular weight is 205 g/mol. The number of rotatable bonds is 4. The number of hydrogen-bond donors (Lipinski definition) is 2. The molecule has 5 heteroatoms. The predicted octanol–water partition coefficient (Wildman–Crippen LogP) is -0.177. The molecule has 2 atom stereocenters. The van der Waals surface area contributed by atoms with Crippen LogP contribution in [0.25, 0.3) is 0 Å². The second-order valence-corrected chi connectivity index (χ2v) is 3.51. The molecular formula is C8H15NO3S. The molecule has 1 aliphatic heterocycles. The van der Waals surface area contributed by atoms with E-state index < -0.39 is 6.04 Å². The molecule has 1 rings (SSSR count). The van der Waals surface area contributed by atoms with E-state index in [1.54, 1.807) is 0 Å². The molecular weight excluding hydrogens is 190 g/mol. The molecule has 0 aliphatic carbocycles. The van der Waals surface area contributed by atoms with Crippen molar-refractivity contribution in [3.05, 3.63) is 0 Å². The Balaban J connectivity index is 2.13. The van der Waals surface area contributed by atoms with Gasteiger partial charge < -0.3 is 15.2 Å². The second kappa shape index (κ2) is 5.47. The van der Waals surface area contributed by atoms with Crippen LogP contribution in [-0.4, -0.2) is 37.6 Å². The molecule has 1 unspecified atom stereocenters. The zero-order valence-corrected chi connectivity index (χ0v) is 8.33. The normalized spacial score (nSPS) is 24.3. The van der Waals surface area contributed by atoms with E-state index in [-0.39, 0.29) is 5.97 Å². The topological polar surface area (TPSA) is 61.6 Å². The molecule has 1 aliphatic rings. The zero-order chi connectivity index (χ0) is 9.68. The summed E-state index contributed by atoms with van der Waals surface area (Å²) in [6, 6.07) is -0.606. The molecule has 76 valence electrons. The highest BCUT2D eigenvalue weighted by molar-refractivity contribution is 7.80. The van der Waals surface area contributed by atoms with E-state index >= 15 is 0 Å². The Bertz CT molecular complexity index is 171. The van der Waals surface area contributed by atoms with Crippen molar-refractivity contribution < 1.29 is 14.3 Å². The van der Waals surface area contributed by atoms with Gasteiger partial charge in [-0.15, -0.1) is 0 Å². The van der Waals surface area contributed by atoms with E-state index in [4.69, 9.17) is 15.2 Å². The van der Waals surface area contributed by atoms with Gasteiger partial charge in [0.2, 0.25) is 0 Å². The molecule has 0 saturated carbocycles. The Labute approximate surface area is 83.2 Å². The van der Waals surface area contributed by atoms with Crippen LogP contribution in [0, 0.1) is 5.92 Å². The van der Waals surface area contributed by atoms with Crippen molar-refractivity contribution >= 4 is 18.6 Å². The van der Waals surface area contributed by atoms with Crippen molar-refractivity contribution in [3.63, 3.8) is 0 Å². The molecule has 13 heavy (non-hydrogen) atoms. The van der Waals surface area contributed by atoms with Gasteiger partial charge in [0.1, 0.15) is 6.04 Å². The van der Waals surface area contributed by atoms with E-state index in [2.05, 4.69) is 12.6 Å². The summed E-state index contributed by atoms with van der Waals surface area (Å²) >= 11 is 3.91. The summed E-state index contributed by atoms with van der Waals surface area (Å²) in [4.78, 5) is 11.1. The van der Waals surface area contributed by atoms with Gasteiger partial charge in [0.15, 0.2) is 0 Å². The van der Waals surface area contributed by atoms with Crippen molar-refractivity contribution in [2.24, 2.45) is 11.7 Å². The molecule has 0 bridgehead atoms. The summed E-state index contributed by atoms with van der Waals surface area (Å²) < 4.78 is 10.1. The fourth-order valence-corrected chi connectivity index (χ4v) is 1.25. The smallest absolute Gasteiger partial charge is 0.323 e. The van der Waals surface area contributed by atoms with E-state index in [0.29, 0.717) is 24.9 Å². The number of hydrogen-bond acceptors (Lipinski definition) is 5. The van der Waals surface area contributed by atoms with E-state index in [1.807, 2.05) is 0 Å². The maximum atomic E-state index is 11.1. The minimum Gasteiger partial charge on any atom is -0.464 e. The van der Waals surface area contributed by atoms with Crippen molar-refractivity contribution in [2.75, 3.05) is 25.6 Å². The number of carbonyl (C=O) groups is 1. The van der Waals surface area contributed by atoms with Gasteiger partial charge in [0.05, 0.1) is 13.2 Å². The van der Waals surface area contributed by atoms with Gasteiger partial charge in [-0.1, -0.05) is 0 Å². The molecule has 0 aromatic heterocycles. The van der Waals surface area contributed by atoms with E-state index in [1.165, 1.54) is 0 Å². The lowest BCUT2D eigenvalue weighted by Crippen LogP contribution is -2.34. The highest BCUT2D eigenvalue weighted by Gasteiger charge is 2.19. The summed E-state index contributed by atoms with van der Waals surface area (Å²) in [6.45, 7) is 1.87. The molecule has 0 amide bonds. The van der Waals surface area contributed by atoms with Crippen molar-refractivity contribution in [2.45, 2.75) is 12.5 Å². The second-order valence-electron chi connectivity index (χ2n) is 3.15. The zero-order valence-electron chi connectivity index (χ0n) is 7.44. The Morgan fingerprint density at radius 2 is 2.54 bits per heavy atom. The fraction of sp³-hybridized carbons (Fsp3) is 0.875. The third-order valence-electron chi connectivity index (χ3n) is 1.98. The number of nitrogens with two attached hydrogens (primary N) is 1. The first-order valence-corrected chi connectivity index (χ1v) is 4.98. The molecule has 1 heterocycles. The molecule has 0 aromatic rings. The summed E-state index contributed by atoms with van der Waals surface area (Å²) in [5.41, 5.74) is 5.42. The van der Waals surface area contributed by atoms with Crippen LogP contribution in [-0.2, 0) is 14.3 Å². The Morgan fingerprint density at radius 3 is 3.08 bits per heavy atom. The maximum absolute atomic E-state index is 11.1. The highest BCUT2D eigenvalue weighted by atomic mass is 32.1. The van der Waals surface area contributed by atoms with Crippen LogP contribution in [0.4, 0.5) is 0 Å². The van der Waals surface area contributed by atoms with Gasteiger partial charge in [-0.25, -0.2) is 0 Å². The van der Waals surface area contributed by atoms with Gasteiger partial charge in [-0.3, -0.25) is 4.79 Å². The van der Waals surface area contributed by atoms with Crippen molar-refractivity contribution in [3.8, 4) is 0 Å². The lowest BCUT2D eigenvalue weighted by molar-refractivity contribution is -0.145. The first-order chi connectivity index (χ1) is 6.24. The quantitative estimate of drug-likeness (QED) is 0.494. The summed E-state index contributed by atoms with van der Waals surface area (Å²) in [6.07, 6.45) is 0.962. The molecule has 0 aromatic carbocycles. The van der Waals surface area contributed by atoms with Crippen LogP contribution in [0.3, 0.4) is 0 Å². The molecule has 2 N–H and O–H groups in total. The fourth-order valence-electron chi connectivity index (χ4n) is 1.10. The third-order valence-corrected chi connectivity index (χ3v) is 2.38. The first-order valence-electron chi connectivity index (χ1n) is 4.35. The Morgan fingerprint density at radius 1 is 1.77 bits per heavy atom. The third kappa shape index (κ3) is 3.54. The van der Waals surface area contributed by atoms with Gasteiger partial charge in [0.25, 0.3) is 0 Å². The summed E-state index contributed by atoms with van der Waals surface area (Å²) in [5, 5.41) is 0. The minimum atomic E-state index is -0.606. The molecule has 1 fully saturated rings. The number of carbonyl (C=O) groups excluding carboxylic acids is 1. The number of esters is 1. The summed E-state index contributed by atoms with van der Waals surface area (Å²) in [5.74, 6) is 0.290. The molecule has 1 saturated heterocycles. The average Bonchev–Trinajstić information content (AvgIpc) is 2.65. The van der Waals surface area contributed by atoms with Crippen molar-refractivity contribution in [1.29, 1.82) is 0 Å². The van der Waals surface area contributed by atoms with Gasteiger partial charge in [0, 0.05) is 18.3 Å².